The molecule has 1 aromatic rings. The van der Waals surface area contributed by atoms with Gasteiger partial charge in [0.05, 0.1) is 7.11 Å². The molecule has 10 heteroatoms. The first-order chi connectivity index (χ1) is 16.1. The van der Waals surface area contributed by atoms with Gasteiger partial charge in [0, 0.05) is 65.4 Å². The van der Waals surface area contributed by atoms with E-state index in [9.17, 15) is 24.0 Å². The summed E-state index contributed by atoms with van der Waals surface area (Å²) in [5, 5.41) is 0. The number of Topliss-reactive ketones (excluding diaryl/α,β-unsaturated/α-hetero) is 2. The largest absolute Gasteiger partial charge is 0.461 e. The Labute approximate surface area is 200 Å². The highest BCUT2D eigenvalue weighted by molar-refractivity contribution is 5.83. The van der Waals surface area contributed by atoms with Crippen molar-refractivity contribution < 1.29 is 38.2 Å². The van der Waals surface area contributed by atoms with Crippen LogP contribution in [0.2, 0.25) is 0 Å². The fraction of sp³-hybridized carbons (Fsp3) is 0.542. The van der Waals surface area contributed by atoms with Crippen LogP contribution in [0.15, 0.2) is 18.2 Å². The number of ketones is 2. The number of rotatable bonds is 13. The molecule has 0 bridgehead atoms. The number of carbonyl (C=O) groups is 5. The van der Waals surface area contributed by atoms with Gasteiger partial charge in [-0.1, -0.05) is 13.0 Å². The molecule has 10 nitrogen and oxygen atoms in total. The first-order valence-corrected chi connectivity index (χ1v) is 11.1. The van der Waals surface area contributed by atoms with Crippen molar-refractivity contribution in [2.24, 2.45) is 0 Å². The highest BCUT2D eigenvalue weighted by atomic mass is 16.6. The maximum atomic E-state index is 12.6. The van der Waals surface area contributed by atoms with E-state index in [1.165, 1.54) is 30.9 Å². The average molecular weight is 479 g/mol. The minimum Gasteiger partial charge on any atom is -0.461 e. The monoisotopic (exact) mass is 478 g/mol. The van der Waals surface area contributed by atoms with Crippen molar-refractivity contribution in [2.75, 3.05) is 34.3 Å². The van der Waals surface area contributed by atoms with E-state index in [4.69, 9.17) is 9.47 Å². The first kappa shape index (κ1) is 28.6. The summed E-state index contributed by atoms with van der Waals surface area (Å²) < 4.78 is 15.1. The molecule has 0 aromatic heterocycles. The zero-order chi connectivity index (χ0) is 25.7. The summed E-state index contributed by atoms with van der Waals surface area (Å²) in [6, 6.07) is 4.85. The van der Waals surface area contributed by atoms with E-state index in [0.717, 1.165) is 0 Å². The van der Waals surface area contributed by atoms with E-state index in [-0.39, 0.29) is 49.9 Å². The maximum Gasteiger partial charge on any atom is 0.415 e. The molecule has 0 saturated heterocycles. The van der Waals surface area contributed by atoms with Crippen molar-refractivity contribution in [3.8, 4) is 5.75 Å². The number of amides is 2. The highest BCUT2D eigenvalue weighted by Crippen LogP contribution is 2.23. The van der Waals surface area contributed by atoms with E-state index in [1.807, 2.05) is 0 Å². The molecule has 0 aliphatic rings. The normalized spacial score (nSPS) is 10.3. The summed E-state index contributed by atoms with van der Waals surface area (Å²) in [4.78, 5) is 61.8. The van der Waals surface area contributed by atoms with Crippen LogP contribution in [-0.4, -0.2) is 73.8 Å². The Bertz CT molecular complexity index is 884. The van der Waals surface area contributed by atoms with Crippen LogP contribution in [0.4, 0.5) is 9.59 Å². The smallest absolute Gasteiger partial charge is 0.415 e. The lowest BCUT2D eigenvalue weighted by Gasteiger charge is -2.21. The lowest BCUT2D eigenvalue weighted by Crippen LogP contribution is -2.38. The van der Waals surface area contributed by atoms with Crippen molar-refractivity contribution in [1.29, 1.82) is 0 Å². The van der Waals surface area contributed by atoms with Gasteiger partial charge in [0.2, 0.25) is 0 Å². The second-order valence-corrected chi connectivity index (χ2v) is 7.86. The molecule has 0 radical (unpaired) electrons. The molecule has 1 aromatic carbocycles. The fourth-order valence-corrected chi connectivity index (χ4v) is 2.92. The van der Waals surface area contributed by atoms with Gasteiger partial charge < -0.3 is 24.0 Å². The number of hydrogen-bond donors (Lipinski definition) is 0. The van der Waals surface area contributed by atoms with Crippen LogP contribution in [0, 0.1) is 0 Å². The molecule has 0 aliphatic heterocycles. The predicted octanol–water partition coefficient (Wildman–Crippen LogP) is 3.14. The van der Waals surface area contributed by atoms with Gasteiger partial charge in [-0.25, -0.2) is 9.59 Å². The van der Waals surface area contributed by atoms with Crippen LogP contribution in [-0.2, 0) is 36.9 Å². The third kappa shape index (κ3) is 10.5. The minimum atomic E-state index is -0.659. The van der Waals surface area contributed by atoms with E-state index < -0.39 is 18.2 Å². The molecule has 0 unspecified atom stereocenters. The molecule has 1 rings (SSSR count). The molecule has 2 amide bonds. The Balaban J connectivity index is 2.88. The maximum absolute atomic E-state index is 12.6. The molecule has 0 heterocycles. The second-order valence-electron chi connectivity index (χ2n) is 7.86. The Kier molecular flexibility index (Phi) is 12.3. The standard InChI is InChI=1S/C24H34N2O8/c1-6-20(28)8-7-9-21(29)15-19-14-18(16-33-17(2)27)10-11-22(19)34-24(31)26(4)13-12-25(3)23(30)32-5/h10-11,14H,6-9,12-13,15-16H2,1-5H3. The molecule has 0 atom stereocenters. The van der Waals surface area contributed by atoms with Gasteiger partial charge >= 0.3 is 18.2 Å². The number of hydrogen-bond acceptors (Lipinski definition) is 8. The van der Waals surface area contributed by atoms with E-state index >= 15 is 0 Å². The number of nitrogens with zero attached hydrogens (tertiary/aromatic N) is 2. The van der Waals surface area contributed by atoms with Crippen molar-refractivity contribution in [1.82, 2.24) is 9.80 Å². The topological polar surface area (TPSA) is 120 Å². The summed E-state index contributed by atoms with van der Waals surface area (Å²) in [5.41, 5.74) is 1.12. The molecule has 34 heavy (non-hydrogen) atoms. The number of esters is 1. The van der Waals surface area contributed by atoms with E-state index in [0.29, 0.717) is 30.4 Å². The van der Waals surface area contributed by atoms with Gasteiger partial charge in [-0.3, -0.25) is 14.4 Å². The fourth-order valence-electron chi connectivity index (χ4n) is 2.92. The van der Waals surface area contributed by atoms with Gasteiger partial charge in [0.25, 0.3) is 0 Å². The molecule has 0 saturated carbocycles. The SMILES string of the molecule is CCC(=O)CCCC(=O)Cc1cc(COC(C)=O)ccc1OC(=O)N(C)CCN(C)C(=O)OC. The Morgan fingerprint density at radius 1 is 0.912 bits per heavy atom. The van der Waals surface area contributed by atoms with Crippen molar-refractivity contribution in [2.45, 2.75) is 52.6 Å². The zero-order valence-electron chi connectivity index (χ0n) is 20.5. The third-order valence-electron chi connectivity index (χ3n) is 5.03. The van der Waals surface area contributed by atoms with E-state index in [2.05, 4.69) is 4.74 Å². The molecular formula is C24H34N2O8. The Morgan fingerprint density at radius 3 is 2.12 bits per heavy atom. The van der Waals surface area contributed by atoms with Gasteiger partial charge in [0.1, 0.15) is 23.9 Å². The van der Waals surface area contributed by atoms with Gasteiger partial charge in [-0.2, -0.15) is 0 Å². The molecule has 0 aliphatic carbocycles. The third-order valence-corrected chi connectivity index (χ3v) is 5.03. The Morgan fingerprint density at radius 2 is 1.53 bits per heavy atom. The number of methoxy groups -OCH3 is 1. The van der Waals surface area contributed by atoms with Crippen molar-refractivity contribution in [3.63, 3.8) is 0 Å². The Hall–Kier alpha value is -3.43. The highest BCUT2D eigenvalue weighted by Gasteiger charge is 2.18. The summed E-state index contributed by atoms with van der Waals surface area (Å²) >= 11 is 0. The summed E-state index contributed by atoms with van der Waals surface area (Å²) in [5.74, 6) is -0.222. The number of benzene rings is 1. The van der Waals surface area contributed by atoms with E-state index in [1.54, 1.807) is 32.2 Å². The first-order valence-electron chi connectivity index (χ1n) is 11.1. The van der Waals surface area contributed by atoms with Crippen LogP contribution in [0.1, 0.15) is 50.7 Å². The number of ether oxygens (including phenoxy) is 3. The second kappa shape index (κ2) is 14.7. The quantitative estimate of drug-likeness (QED) is 0.397. The van der Waals surface area contributed by atoms with Gasteiger partial charge in [-0.05, 0) is 24.1 Å². The van der Waals surface area contributed by atoms with Crippen molar-refractivity contribution >= 4 is 29.7 Å². The van der Waals surface area contributed by atoms with Crippen LogP contribution < -0.4 is 4.74 Å². The summed E-state index contributed by atoms with van der Waals surface area (Å²) in [6.45, 7) is 3.54. The van der Waals surface area contributed by atoms with Gasteiger partial charge in [0.15, 0.2) is 0 Å². The van der Waals surface area contributed by atoms with Crippen LogP contribution >= 0.6 is 0 Å². The minimum absolute atomic E-state index is 0.00559. The lowest BCUT2D eigenvalue weighted by atomic mass is 10.0. The molecular weight excluding hydrogens is 444 g/mol. The van der Waals surface area contributed by atoms with Crippen LogP contribution in [0.5, 0.6) is 5.75 Å². The molecule has 188 valence electrons. The molecule has 0 fully saturated rings. The summed E-state index contributed by atoms with van der Waals surface area (Å²) in [7, 11) is 4.34. The zero-order valence-corrected chi connectivity index (χ0v) is 20.5. The molecule has 0 N–H and O–H groups in total. The summed E-state index contributed by atoms with van der Waals surface area (Å²) in [6.07, 6.45) is 0.305. The van der Waals surface area contributed by atoms with Crippen LogP contribution in [0.25, 0.3) is 0 Å². The van der Waals surface area contributed by atoms with Gasteiger partial charge in [-0.15, -0.1) is 0 Å². The lowest BCUT2D eigenvalue weighted by molar-refractivity contribution is -0.142. The molecule has 0 spiro atoms. The van der Waals surface area contributed by atoms with Crippen LogP contribution in [0.3, 0.4) is 0 Å². The average Bonchev–Trinajstić information content (AvgIpc) is 2.81. The number of likely N-dealkylation sites (N-methyl/N-ethyl adjacent to an activating group) is 2. The van der Waals surface area contributed by atoms with Crippen molar-refractivity contribution in [3.05, 3.63) is 29.3 Å². The predicted molar refractivity (Wildman–Crippen MR) is 123 cm³/mol. The number of carbonyl (C=O) groups excluding carboxylic acids is 5.